The number of benzene rings is 16. The average molecular weight is 2010 g/mol. The maximum Gasteiger partial charge on any atom is 0.145 e. The number of rotatable bonds is 0. The Morgan fingerprint density at radius 3 is 0.352 bits per heavy atom. The van der Waals surface area contributed by atoms with E-state index in [1.165, 1.54) is 178 Å². The molecule has 0 aliphatic heterocycles. The minimum Gasteiger partial charge on any atom is -0.207 e. The van der Waals surface area contributed by atoms with Crippen molar-refractivity contribution in [3.05, 3.63) is 561 Å². The molecule has 0 saturated heterocycles. The van der Waals surface area contributed by atoms with Crippen molar-refractivity contribution in [2.24, 2.45) is 0 Å². The Morgan fingerprint density at radius 1 is 0.103 bits per heavy atom. The van der Waals surface area contributed by atoms with Gasteiger partial charge < -0.3 is 0 Å². The fourth-order valence-electron chi connectivity index (χ4n) is 11.9. The molecule has 0 aromatic heterocycles. The third-order valence-electron chi connectivity index (χ3n) is 22.0. The zero-order chi connectivity index (χ0) is 111. The first-order valence-electron chi connectivity index (χ1n) is 47.6. The summed E-state index contributed by atoms with van der Waals surface area (Å²) in [5.74, 6) is -4.94. The van der Waals surface area contributed by atoms with Gasteiger partial charge in [0.2, 0.25) is 0 Å². The molecule has 0 aliphatic rings. The van der Waals surface area contributed by atoms with Crippen molar-refractivity contribution >= 4 is 11.6 Å². The molecular weight excluding hydrogens is 1860 g/mol. The first-order valence-corrected chi connectivity index (χ1v) is 47.9. The molecule has 0 nitrogen and oxygen atoms in total. The second-order valence-electron chi connectivity index (χ2n) is 36.9. The molecule has 0 amide bonds. The van der Waals surface area contributed by atoms with Crippen molar-refractivity contribution in [2.45, 2.75) is 235 Å². The highest BCUT2D eigenvalue weighted by molar-refractivity contribution is 6.30. The molecule has 0 aliphatic carbocycles. The molecule has 774 valence electrons. The minimum absolute atomic E-state index is 0.0885. The van der Waals surface area contributed by atoms with E-state index in [4.69, 9.17) is 11.6 Å². The predicted octanol–water partition coefficient (Wildman–Crippen LogP) is 40.1. The van der Waals surface area contributed by atoms with Gasteiger partial charge in [-0.25, -0.2) is 61.5 Å². The first-order chi connectivity index (χ1) is 67.6. The number of hydrogen-bond acceptors (Lipinski definition) is 0. The van der Waals surface area contributed by atoms with Gasteiger partial charge in [-0.3, -0.25) is 0 Å². The smallest absolute Gasteiger partial charge is 0.145 e. The SMILES string of the molecule is Cc1cc(C)c(C)c(C)c1.Cc1cc(C)c(C)c(F)c1.Cc1cc(F)c(C)c(F)c1.Cc1cc(F)c(C)c(F)c1.Cc1cc(F)c(C)c(F)c1.Cc1cc(F)c(Cl)c(F)c1.Cc1ccc(C)c(F)c1.Cc1ccc(C)c(F)c1.Cc1ccc(C)c(F)c1.Cc1ccc(C)c(F)c1.Cc1ccc(C)c(F)c1.Cc1ccc(C)cc1.Cc1ccc(C)cc1.Cc1ccc(C)cc1.Cc1ccc(C)cc1.Cc1ccc(C)cc1. The summed E-state index contributed by atoms with van der Waals surface area (Å²) in [6, 6.07) is 86.8. The normalized spacial score (nSPS) is 9.69. The molecule has 0 N–H and O–H groups in total. The van der Waals surface area contributed by atoms with Crippen molar-refractivity contribution in [1.82, 2.24) is 0 Å². The van der Waals surface area contributed by atoms with Crippen LogP contribution in [0, 0.1) is 317 Å². The molecule has 0 atom stereocenters. The topological polar surface area (TPSA) is 0 Å². The molecule has 0 spiro atoms. The minimum atomic E-state index is -0.709. The van der Waals surface area contributed by atoms with E-state index in [2.05, 4.69) is 230 Å². The van der Waals surface area contributed by atoms with Crippen LogP contribution in [-0.4, -0.2) is 0 Å². The molecular formula is C130H149ClF14. The van der Waals surface area contributed by atoms with Crippen LogP contribution in [0.3, 0.4) is 0 Å². The van der Waals surface area contributed by atoms with Crippen molar-refractivity contribution in [1.29, 1.82) is 0 Å². The Bertz CT molecular complexity index is 5380. The van der Waals surface area contributed by atoms with Gasteiger partial charge in [-0.1, -0.05) is 273 Å². The van der Waals surface area contributed by atoms with Crippen molar-refractivity contribution in [3.63, 3.8) is 0 Å². The lowest BCUT2D eigenvalue weighted by molar-refractivity contribution is 0.565. The summed E-state index contributed by atoms with van der Waals surface area (Å²) in [6.45, 7) is 64.2. The van der Waals surface area contributed by atoms with E-state index in [0.29, 0.717) is 50.1 Å². The van der Waals surface area contributed by atoms with Gasteiger partial charge >= 0.3 is 0 Å². The summed E-state index contributed by atoms with van der Waals surface area (Å²) in [5, 5.41) is -0.439. The van der Waals surface area contributed by atoms with Gasteiger partial charge in [0.1, 0.15) is 86.5 Å². The molecule has 0 bridgehead atoms. The summed E-state index contributed by atoms with van der Waals surface area (Å²) >= 11 is 5.20. The fourth-order valence-corrected chi connectivity index (χ4v) is 12.0. The van der Waals surface area contributed by atoms with Crippen LogP contribution >= 0.6 is 11.6 Å². The third-order valence-corrected chi connectivity index (χ3v) is 22.3. The summed E-state index contributed by atoms with van der Waals surface area (Å²) in [5.41, 5.74) is 32.7. The van der Waals surface area contributed by atoms with Gasteiger partial charge in [-0.15, -0.1) is 0 Å². The molecule has 0 unspecified atom stereocenters. The van der Waals surface area contributed by atoms with Crippen LogP contribution in [0.1, 0.15) is 189 Å². The zero-order valence-electron chi connectivity index (χ0n) is 91.3. The van der Waals surface area contributed by atoms with Crippen LogP contribution in [0.2, 0.25) is 5.02 Å². The largest absolute Gasteiger partial charge is 0.207 e. The van der Waals surface area contributed by atoms with Crippen LogP contribution in [0.5, 0.6) is 0 Å². The maximum absolute atomic E-state index is 12.8. The molecule has 0 saturated carbocycles. The summed E-state index contributed by atoms with van der Waals surface area (Å²) in [6.07, 6.45) is 0. The van der Waals surface area contributed by atoms with E-state index in [1.807, 2.05) is 84.9 Å². The Labute approximate surface area is 863 Å². The molecule has 0 heterocycles. The van der Waals surface area contributed by atoms with Gasteiger partial charge in [0.15, 0.2) is 0 Å². The number of aryl methyl sites for hydroxylation is 29. The predicted molar refractivity (Wildman–Crippen MR) is 589 cm³/mol. The first kappa shape index (κ1) is 130. The highest BCUT2D eigenvalue weighted by Crippen LogP contribution is 2.23. The lowest BCUT2D eigenvalue weighted by atomic mass is 10.0. The van der Waals surface area contributed by atoms with E-state index < -0.39 is 51.6 Å². The van der Waals surface area contributed by atoms with Gasteiger partial charge in [0, 0.05) is 16.7 Å². The lowest BCUT2D eigenvalue weighted by Gasteiger charge is -2.04. The van der Waals surface area contributed by atoms with Crippen molar-refractivity contribution in [2.75, 3.05) is 0 Å². The van der Waals surface area contributed by atoms with E-state index >= 15 is 0 Å². The van der Waals surface area contributed by atoms with Gasteiger partial charge in [0.25, 0.3) is 0 Å². The second-order valence-corrected chi connectivity index (χ2v) is 37.2. The lowest BCUT2D eigenvalue weighted by Crippen LogP contribution is -1.89. The van der Waals surface area contributed by atoms with Crippen LogP contribution in [0.15, 0.2) is 285 Å². The number of hydrogen-bond donors (Lipinski definition) is 0. The standard InChI is InChI=1S/C10H14.C9H11F.3C8H8F2.5C8H9F.5C8H10.C7H5ClF2/c1-7-5-8(2)10(4)9(3)6-7;1-6-4-7(2)8(3)9(10)5-6;3*1-5-3-7(9)6(2)8(10)4-5;5*1-6-3-4-7(2)8(9)5-6;5*1-7-3-5-8(2)6-4-7;1-4-2-5(9)7(8)6(10)3-4/h5-6H,1-4H3;4-5H,1-3H3;3*3-4H,1-2H3;5*3-5H,1-2H3;5*3-6H,1-2H3;2-3H,1H3. The maximum atomic E-state index is 12.8. The Morgan fingerprint density at radius 2 is 0.214 bits per heavy atom. The van der Waals surface area contributed by atoms with Gasteiger partial charge in [-0.05, 0) is 432 Å². The highest BCUT2D eigenvalue weighted by Gasteiger charge is 2.09. The van der Waals surface area contributed by atoms with E-state index in [-0.39, 0.29) is 51.6 Å². The molecule has 145 heavy (non-hydrogen) atoms. The highest BCUT2D eigenvalue weighted by atomic mass is 35.5. The Kier molecular flexibility index (Phi) is 60.4. The van der Waals surface area contributed by atoms with Crippen LogP contribution < -0.4 is 0 Å². The monoisotopic (exact) mass is 2010 g/mol. The zero-order valence-corrected chi connectivity index (χ0v) is 92.1. The molecule has 0 fully saturated rings. The van der Waals surface area contributed by atoms with Crippen molar-refractivity contribution < 1.29 is 61.5 Å². The molecule has 16 rings (SSSR count). The van der Waals surface area contributed by atoms with Crippen LogP contribution in [0.4, 0.5) is 61.5 Å². The average Bonchev–Trinajstić information content (AvgIpc) is 0.800. The third kappa shape index (κ3) is 55.5. The summed E-state index contributed by atoms with van der Waals surface area (Å²) in [7, 11) is 0. The van der Waals surface area contributed by atoms with Crippen LogP contribution in [-0.2, 0) is 0 Å². The summed E-state index contributed by atoms with van der Waals surface area (Å²) < 4.78 is 176. The van der Waals surface area contributed by atoms with Gasteiger partial charge in [-0.2, -0.15) is 0 Å². The Balaban J connectivity index is 0.000000774. The molecule has 0 radical (unpaired) electrons. The molecule has 15 heteroatoms. The van der Waals surface area contributed by atoms with E-state index in [9.17, 15) is 61.5 Å². The second kappa shape index (κ2) is 67.4. The van der Waals surface area contributed by atoms with Crippen molar-refractivity contribution in [3.8, 4) is 0 Å². The van der Waals surface area contributed by atoms with E-state index in [0.717, 1.165) is 44.5 Å². The summed E-state index contributed by atoms with van der Waals surface area (Å²) in [4.78, 5) is 0. The Hall–Kier alpha value is -13.2. The molecule has 16 aromatic carbocycles. The van der Waals surface area contributed by atoms with E-state index in [1.54, 1.807) is 106 Å². The fraction of sp³-hybridized carbons (Fsp3) is 0.262. The van der Waals surface area contributed by atoms with Crippen LogP contribution in [0.25, 0.3) is 0 Å². The molecule has 16 aromatic rings. The van der Waals surface area contributed by atoms with Gasteiger partial charge in [0.05, 0.1) is 0 Å². The number of halogens is 15. The quantitative estimate of drug-likeness (QED) is 0.105.